The van der Waals surface area contributed by atoms with E-state index in [1.165, 1.54) is 14.2 Å². The number of halogens is 4. The Labute approximate surface area is 318 Å². The number of ether oxygens (including phenoxy) is 4. The largest absolute Gasteiger partial charge is 0.457 e. The van der Waals surface area contributed by atoms with E-state index >= 15 is 0 Å². The molecule has 0 radical (unpaired) electrons. The average molecular weight is 792 g/mol. The van der Waals surface area contributed by atoms with Gasteiger partial charge in [0, 0.05) is 5.56 Å². The van der Waals surface area contributed by atoms with Gasteiger partial charge in [-0.2, -0.15) is 18.4 Å². The molecule has 18 heteroatoms. The molecule has 4 rings (SSSR count). The Morgan fingerprint density at radius 2 is 1.38 bits per heavy atom. The first-order chi connectivity index (χ1) is 25.0. The molecule has 0 aromatic heterocycles. The summed E-state index contributed by atoms with van der Waals surface area (Å²) in [6, 6.07) is 24.4. The van der Waals surface area contributed by atoms with Crippen molar-refractivity contribution in [2.75, 3.05) is 24.9 Å². The Bertz CT molecular complexity index is 1840. The number of anilines is 2. The summed E-state index contributed by atoms with van der Waals surface area (Å²) in [7, 11) is 2.45. The van der Waals surface area contributed by atoms with E-state index < -0.39 is 52.7 Å². The van der Waals surface area contributed by atoms with Crippen molar-refractivity contribution in [3.63, 3.8) is 0 Å². The number of carbonyl (C=O) groups is 3. The van der Waals surface area contributed by atoms with Crippen LogP contribution in [0.25, 0.3) is 0 Å². The number of hydrogen-bond acceptors (Lipinski definition) is 10. The number of alkyl halides is 3. The van der Waals surface area contributed by atoms with Crippen molar-refractivity contribution >= 4 is 75.8 Å². The Kier molecular flexibility index (Phi) is 14.9. The number of nitrogens with zero attached hydrogens (tertiary/aromatic N) is 1. The third-order valence-electron chi connectivity index (χ3n) is 7.48. The van der Waals surface area contributed by atoms with Gasteiger partial charge in [0.15, 0.2) is 10.2 Å². The van der Waals surface area contributed by atoms with Crippen molar-refractivity contribution in [2.45, 2.75) is 26.1 Å². The number of nitrogens with one attached hydrogen (secondary N) is 4. The predicted molar refractivity (Wildman–Crippen MR) is 198 cm³/mol. The highest BCUT2D eigenvalue weighted by Crippen LogP contribution is 2.60. The molecule has 1 saturated carbocycles. The molecule has 3 unspecified atom stereocenters. The lowest BCUT2D eigenvalue weighted by Crippen LogP contribution is -2.35. The zero-order valence-corrected chi connectivity index (χ0v) is 30.8. The number of thiocarbonyl (C=S) groups is 2. The number of esters is 1. The Morgan fingerprint density at radius 1 is 0.868 bits per heavy atom. The Morgan fingerprint density at radius 3 is 1.87 bits per heavy atom. The summed E-state index contributed by atoms with van der Waals surface area (Å²) >= 11 is 15.3. The van der Waals surface area contributed by atoms with Gasteiger partial charge in [-0.05, 0) is 72.2 Å². The van der Waals surface area contributed by atoms with Gasteiger partial charge in [0.25, 0.3) is 0 Å². The predicted octanol–water partition coefficient (Wildman–Crippen LogP) is 8.34. The molecule has 3 aromatic carbocycles. The highest BCUT2D eigenvalue weighted by Gasteiger charge is 2.62. The number of carbonyl (C=O) groups excluding carboxylic acids is 3. The van der Waals surface area contributed by atoms with Crippen LogP contribution in [0, 0.1) is 28.6 Å². The quantitative estimate of drug-likeness (QED) is 0.0983. The second-order valence-electron chi connectivity index (χ2n) is 11.5. The van der Waals surface area contributed by atoms with Gasteiger partial charge in [0.1, 0.15) is 22.6 Å². The summed E-state index contributed by atoms with van der Waals surface area (Å²) in [5.74, 6) is -1.27. The number of allylic oxidation sites excluding steroid dienone is 2. The van der Waals surface area contributed by atoms with Gasteiger partial charge >= 0.3 is 24.3 Å². The summed E-state index contributed by atoms with van der Waals surface area (Å²) < 4.78 is 58.1. The molecular weight excluding hydrogens is 759 g/mol. The van der Waals surface area contributed by atoms with E-state index in [4.69, 9.17) is 45.5 Å². The number of hydrogen-bond donors (Lipinski definition) is 4. The van der Waals surface area contributed by atoms with Gasteiger partial charge in [-0.15, -0.1) is 0 Å². The molecule has 2 amide bonds. The standard InChI is InChI=1S/C23H19ClF3NO3.C12H14N4O4S2/c1-22(2)17(12-19(24)23(25,26)27)20(22)21(29)31-18(13-28)14-7-6-10-16(11-14)30-15-8-4-3-5-9-15;1-19-11(17)15-9(21)13-7-5-3-4-6-8(7)14-10(22)16-12(18)20-2/h3-12,17-18,20H,1-2H3;3-6H,1-2H3,(H2,13,15,17,21)(H2,14,16,18,22)/b19-12-;. The minimum Gasteiger partial charge on any atom is -0.457 e. The summed E-state index contributed by atoms with van der Waals surface area (Å²) in [6.07, 6.45) is -6.45. The molecule has 1 aliphatic rings. The third-order valence-corrected chi connectivity index (χ3v) is 8.23. The fraction of sp³-hybridized carbons (Fsp3) is 0.257. The number of para-hydroxylation sites is 3. The maximum Gasteiger partial charge on any atom is 0.426 e. The number of alkyl carbamates (subject to hydrolysis) is 2. The minimum absolute atomic E-state index is 0.0490. The highest BCUT2D eigenvalue weighted by atomic mass is 35.5. The first-order valence-corrected chi connectivity index (χ1v) is 16.5. The van der Waals surface area contributed by atoms with Crippen LogP contribution in [-0.2, 0) is 19.0 Å². The second-order valence-corrected chi connectivity index (χ2v) is 12.7. The van der Waals surface area contributed by atoms with Crippen LogP contribution in [0.15, 0.2) is 90.0 Å². The average Bonchev–Trinajstić information content (AvgIpc) is 3.66. The van der Waals surface area contributed by atoms with Crippen molar-refractivity contribution < 1.29 is 46.5 Å². The SMILES string of the molecule is CC1(C)C(/C=C(\Cl)C(F)(F)F)C1C(=O)OC(C#N)c1cccc(Oc2ccccc2)c1.COC(=O)NC(=S)Nc1ccccc1NC(=S)NC(=O)OC. The second kappa shape index (κ2) is 18.9. The number of rotatable bonds is 8. The van der Waals surface area contributed by atoms with E-state index in [9.17, 15) is 32.8 Å². The van der Waals surface area contributed by atoms with Crippen molar-refractivity contribution in [1.82, 2.24) is 10.6 Å². The van der Waals surface area contributed by atoms with Gasteiger partial charge in [-0.1, -0.05) is 74.0 Å². The summed E-state index contributed by atoms with van der Waals surface area (Å²) in [4.78, 5) is 34.8. The molecule has 3 aromatic rings. The lowest BCUT2D eigenvalue weighted by atomic mass is 10.1. The first kappa shape index (κ1) is 42.0. The summed E-state index contributed by atoms with van der Waals surface area (Å²) in [6.45, 7) is 3.30. The molecule has 0 bridgehead atoms. The van der Waals surface area contributed by atoms with Crippen molar-refractivity contribution in [1.29, 1.82) is 5.26 Å². The van der Waals surface area contributed by atoms with E-state index in [0.717, 1.165) is 6.08 Å². The zero-order valence-electron chi connectivity index (χ0n) is 28.4. The number of methoxy groups -OCH3 is 2. The van der Waals surface area contributed by atoms with Crippen molar-refractivity contribution in [3.8, 4) is 17.6 Å². The van der Waals surface area contributed by atoms with E-state index in [-0.39, 0.29) is 10.2 Å². The monoisotopic (exact) mass is 791 g/mol. The Balaban J connectivity index is 0.000000304. The number of amides is 2. The summed E-state index contributed by atoms with van der Waals surface area (Å²) in [5.41, 5.74) is 0.708. The molecule has 280 valence electrons. The lowest BCUT2D eigenvalue weighted by Gasteiger charge is -2.15. The van der Waals surface area contributed by atoms with Gasteiger partial charge in [-0.3, -0.25) is 15.4 Å². The molecule has 0 heterocycles. The highest BCUT2D eigenvalue weighted by molar-refractivity contribution is 7.80. The summed E-state index contributed by atoms with van der Waals surface area (Å²) in [5, 5.41) is 18.6. The van der Waals surface area contributed by atoms with Crippen LogP contribution < -0.4 is 26.0 Å². The molecule has 1 aliphatic carbocycles. The van der Waals surface area contributed by atoms with Crippen LogP contribution in [0.5, 0.6) is 11.5 Å². The minimum atomic E-state index is -4.68. The van der Waals surface area contributed by atoms with Gasteiger partial charge in [0.2, 0.25) is 6.10 Å². The van der Waals surface area contributed by atoms with Crippen LogP contribution in [-0.4, -0.2) is 48.8 Å². The zero-order chi connectivity index (χ0) is 39.3. The molecular formula is C35H33ClF3N5O7S2. The molecule has 3 atom stereocenters. The van der Waals surface area contributed by atoms with Gasteiger partial charge in [0.05, 0.1) is 31.5 Å². The third kappa shape index (κ3) is 12.6. The maximum absolute atomic E-state index is 12.7. The van der Waals surface area contributed by atoms with E-state index in [0.29, 0.717) is 28.4 Å². The smallest absolute Gasteiger partial charge is 0.426 e. The van der Waals surface area contributed by atoms with Crippen molar-refractivity contribution in [3.05, 3.63) is 95.5 Å². The fourth-order valence-corrected chi connectivity index (χ4v) is 5.23. The molecule has 0 spiro atoms. The molecule has 0 aliphatic heterocycles. The lowest BCUT2D eigenvalue weighted by molar-refractivity contribution is -0.149. The van der Waals surface area contributed by atoms with Crippen LogP contribution in [0.4, 0.5) is 34.1 Å². The Hall–Kier alpha value is -5.44. The maximum atomic E-state index is 12.7. The number of nitriles is 1. The number of benzene rings is 3. The normalized spacial score (nSPS) is 16.1. The van der Waals surface area contributed by atoms with Crippen molar-refractivity contribution in [2.24, 2.45) is 17.3 Å². The van der Waals surface area contributed by atoms with E-state index in [1.54, 1.807) is 74.5 Å². The van der Waals surface area contributed by atoms with Crippen LogP contribution in [0.2, 0.25) is 0 Å². The topological polar surface area (TPSA) is 160 Å². The van der Waals surface area contributed by atoms with Crippen LogP contribution in [0.3, 0.4) is 0 Å². The van der Waals surface area contributed by atoms with E-state index in [2.05, 4.69) is 30.7 Å². The first-order valence-electron chi connectivity index (χ1n) is 15.3. The molecule has 1 fully saturated rings. The van der Waals surface area contributed by atoms with Gasteiger partial charge < -0.3 is 29.6 Å². The van der Waals surface area contributed by atoms with Gasteiger partial charge in [-0.25, -0.2) is 9.59 Å². The molecule has 4 N–H and O–H groups in total. The molecule has 0 saturated heterocycles. The van der Waals surface area contributed by atoms with Crippen LogP contribution in [0.1, 0.15) is 25.5 Å². The van der Waals surface area contributed by atoms with Crippen LogP contribution >= 0.6 is 36.0 Å². The van der Waals surface area contributed by atoms with E-state index in [1.807, 2.05) is 24.3 Å². The molecule has 53 heavy (non-hydrogen) atoms. The molecule has 12 nitrogen and oxygen atoms in total. The fourth-order valence-electron chi connectivity index (χ4n) is 4.71.